The maximum Gasteiger partial charge on any atom is 0.309 e. The molecule has 8 nitrogen and oxygen atoms in total. The van der Waals surface area contributed by atoms with Gasteiger partial charge in [0.15, 0.2) is 11.5 Å². The summed E-state index contributed by atoms with van der Waals surface area (Å²) in [4.78, 5) is 39.6. The van der Waals surface area contributed by atoms with Crippen LogP contribution in [0.15, 0.2) is 16.7 Å². The second-order valence-electron chi connectivity index (χ2n) is 9.31. The maximum absolute atomic E-state index is 13.7. The number of rotatable bonds is 5. The van der Waals surface area contributed by atoms with Crippen molar-refractivity contribution in [1.82, 2.24) is 0 Å². The highest BCUT2D eigenvalue weighted by Gasteiger charge is 2.63. The zero-order valence-electron chi connectivity index (χ0n) is 19.4. The van der Waals surface area contributed by atoms with Crippen molar-refractivity contribution in [1.29, 1.82) is 0 Å². The fourth-order valence-electron chi connectivity index (χ4n) is 6.19. The van der Waals surface area contributed by atoms with Crippen molar-refractivity contribution < 1.29 is 37.7 Å². The molecule has 8 heteroatoms. The number of hydrogen-bond acceptors (Lipinski definition) is 8. The van der Waals surface area contributed by atoms with Gasteiger partial charge in [-0.25, -0.2) is 0 Å². The Hall–Kier alpha value is -2.63. The van der Waals surface area contributed by atoms with E-state index in [-0.39, 0.29) is 36.9 Å². The molecule has 0 amide bonds. The maximum atomic E-state index is 13.7. The van der Waals surface area contributed by atoms with E-state index in [9.17, 15) is 14.4 Å². The SMILES string of the molecule is CC#Cc1occc1C1CC2C(CCC3(C)C(C(=O)OC)CC(OCOC)C(=O)C23)C(=O)O1. The van der Waals surface area contributed by atoms with E-state index in [0.29, 0.717) is 30.6 Å². The smallest absolute Gasteiger partial charge is 0.309 e. The lowest BCUT2D eigenvalue weighted by Gasteiger charge is -2.56. The van der Waals surface area contributed by atoms with Crippen LogP contribution in [0.4, 0.5) is 0 Å². The van der Waals surface area contributed by atoms with Crippen molar-refractivity contribution in [2.75, 3.05) is 21.0 Å². The van der Waals surface area contributed by atoms with E-state index >= 15 is 0 Å². The minimum absolute atomic E-state index is 0.0550. The highest BCUT2D eigenvalue weighted by molar-refractivity contribution is 5.91. The topological polar surface area (TPSA) is 101 Å². The van der Waals surface area contributed by atoms with Crippen LogP contribution >= 0.6 is 0 Å². The van der Waals surface area contributed by atoms with Crippen molar-refractivity contribution in [3.63, 3.8) is 0 Å². The first-order chi connectivity index (χ1) is 15.8. The Morgan fingerprint density at radius 3 is 2.76 bits per heavy atom. The van der Waals surface area contributed by atoms with Gasteiger partial charge in [0.05, 0.1) is 25.2 Å². The van der Waals surface area contributed by atoms with E-state index in [2.05, 4.69) is 11.8 Å². The van der Waals surface area contributed by atoms with Gasteiger partial charge in [0.2, 0.25) is 0 Å². The summed E-state index contributed by atoms with van der Waals surface area (Å²) in [6.07, 6.45) is 1.96. The molecular formula is C25H30O8. The van der Waals surface area contributed by atoms with Gasteiger partial charge in [0.1, 0.15) is 19.0 Å². The lowest BCUT2D eigenvalue weighted by Crippen LogP contribution is -2.60. The van der Waals surface area contributed by atoms with Crippen LogP contribution in [0.2, 0.25) is 0 Å². The van der Waals surface area contributed by atoms with Crippen molar-refractivity contribution in [3.8, 4) is 11.8 Å². The quantitative estimate of drug-likeness (QED) is 0.377. The lowest BCUT2D eigenvalue weighted by atomic mass is 9.48. The van der Waals surface area contributed by atoms with Crippen molar-refractivity contribution in [2.45, 2.75) is 51.7 Å². The van der Waals surface area contributed by atoms with Crippen LogP contribution in [-0.4, -0.2) is 44.8 Å². The van der Waals surface area contributed by atoms with Gasteiger partial charge >= 0.3 is 11.9 Å². The average Bonchev–Trinajstić information content (AvgIpc) is 3.26. The third kappa shape index (κ3) is 3.98. The number of carbonyl (C=O) groups excluding carboxylic acids is 3. The molecule has 7 unspecified atom stereocenters. The van der Waals surface area contributed by atoms with Crippen LogP contribution in [0, 0.1) is 40.9 Å². The molecule has 33 heavy (non-hydrogen) atoms. The Labute approximate surface area is 193 Å². The van der Waals surface area contributed by atoms with Gasteiger partial charge in [-0.15, -0.1) is 0 Å². The Balaban J connectivity index is 1.72. The van der Waals surface area contributed by atoms with E-state index in [1.54, 1.807) is 13.0 Å². The van der Waals surface area contributed by atoms with Crippen LogP contribution in [0.5, 0.6) is 0 Å². The Morgan fingerprint density at radius 1 is 1.27 bits per heavy atom. The zero-order valence-corrected chi connectivity index (χ0v) is 19.4. The average molecular weight is 459 g/mol. The molecule has 0 spiro atoms. The molecule has 1 aromatic heterocycles. The molecule has 3 aliphatic rings. The van der Waals surface area contributed by atoms with Crippen LogP contribution in [0.25, 0.3) is 0 Å². The monoisotopic (exact) mass is 458 g/mol. The number of methoxy groups -OCH3 is 2. The number of furan rings is 1. The number of ketones is 1. The third-order valence-electron chi connectivity index (χ3n) is 7.72. The fourth-order valence-corrected chi connectivity index (χ4v) is 6.19. The minimum atomic E-state index is -0.794. The highest BCUT2D eigenvalue weighted by atomic mass is 16.7. The molecule has 1 aliphatic heterocycles. The number of hydrogen-bond donors (Lipinski definition) is 0. The van der Waals surface area contributed by atoms with Gasteiger partial charge in [-0.3, -0.25) is 14.4 Å². The molecule has 1 saturated heterocycles. The predicted molar refractivity (Wildman–Crippen MR) is 114 cm³/mol. The summed E-state index contributed by atoms with van der Waals surface area (Å²) in [5, 5.41) is 0. The molecule has 0 N–H and O–H groups in total. The minimum Gasteiger partial charge on any atom is -0.469 e. The van der Waals surface area contributed by atoms with Gasteiger partial charge in [-0.2, -0.15) is 0 Å². The molecule has 1 aromatic rings. The fraction of sp³-hybridized carbons (Fsp3) is 0.640. The standard InChI is InChI=1S/C25H30O8/c1-5-6-18-15(8-10-31-18)19-11-16-14(23(27)33-19)7-9-25(2)17(24(28)30-4)12-20(32-13-29-3)22(26)21(16)25/h8,10,14,16-17,19-21H,7,9,11-13H2,1-4H3. The number of ether oxygens (including phenoxy) is 4. The zero-order chi connectivity index (χ0) is 23.8. The summed E-state index contributed by atoms with van der Waals surface area (Å²) in [5.74, 6) is 3.65. The summed E-state index contributed by atoms with van der Waals surface area (Å²) in [6, 6.07) is 1.75. The Morgan fingerprint density at radius 2 is 2.06 bits per heavy atom. The first-order valence-electron chi connectivity index (χ1n) is 11.3. The van der Waals surface area contributed by atoms with Crippen molar-refractivity contribution in [3.05, 3.63) is 23.7 Å². The second kappa shape index (κ2) is 9.32. The molecule has 3 fully saturated rings. The van der Waals surface area contributed by atoms with Gasteiger partial charge in [-0.1, -0.05) is 12.8 Å². The van der Waals surface area contributed by atoms with Gasteiger partial charge in [0.25, 0.3) is 0 Å². The molecule has 178 valence electrons. The number of cyclic esters (lactones) is 1. The molecule has 4 rings (SSSR count). The van der Waals surface area contributed by atoms with Crippen LogP contribution in [0.3, 0.4) is 0 Å². The molecule has 2 saturated carbocycles. The van der Waals surface area contributed by atoms with Gasteiger partial charge in [0, 0.05) is 18.6 Å². The van der Waals surface area contributed by atoms with Crippen molar-refractivity contribution in [2.24, 2.45) is 29.1 Å². The van der Waals surface area contributed by atoms with Gasteiger partial charge < -0.3 is 23.4 Å². The lowest BCUT2D eigenvalue weighted by molar-refractivity contribution is -0.196. The normalized spacial score (nSPS) is 35.5. The largest absolute Gasteiger partial charge is 0.469 e. The van der Waals surface area contributed by atoms with Crippen molar-refractivity contribution >= 4 is 17.7 Å². The molecule has 2 heterocycles. The van der Waals surface area contributed by atoms with E-state index < -0.39 is 35.4 Å². The molecular weight excluding hydrogens is 428 g/mol. The van der Waals surface area contributed by atoms with Crippen LogP contribution < -0.4 is 0 Å². The van der Waals surface area contributed by atoms with Gasteiger partial charge in [-0.05, 0) is 55.9 Å². The molecule has 7 atom stereocenters. The number of carbonyl (C=O) groups is 3. The second-order valence-corrected chi connectivity index (χ2v) is 9.31. The molecule has 0 bridgehead atoms. The van der Waals surface area contributed by atoms with Crippen LogP contribution in [0.1, 0.15) is 57.0 Å². The highest BCUT2D eigenvalue weighted by Crippen LogP contribution is 2.59. The summed E-state index contributed by atoms with van der Waals surface area (Å²) in [7, 11) is 2.84. The first-order valence-corrected chi connectivity index (χ1v) is 11.3. The Kier molecular flexibility index (Phi) is 6.64. The summed E-state index contributed by atoms with van der Waals surface area (Å²) >= 11 is 0. The number of fused-ring (bicyclic) bond motifs is 3. The number of Topliss-reactive ketones (excluding diaryl/α,β-unsaturated/α-hetero) is 1. The first kappa shape index (κ1) is 23.5. The third-order valence-corrected chi connectivity index (χ3v) is 7.72. The van der Waals surface area contributed by atoms with Crippen LogP contribution in [-0.2, 0) is 33.3 Å². The molecule has 0 radical (unpaired) electrons. The predicted octanol–water partition coefficient (Wildman–Crippen LogP) is 3.04. The summed E-state index contributed by atoms with van der Waals surface area (Å²) in [5.41, 5.74) is 0.0616. The summed E-state index contributed by atoms with van der Waals surface area (Å²) in [6.45, 7) is 3.62. The van der Waals surface area contributed by atoms with E-state index in [1.807, 2.05) is 6.92 Å². The van der Waals surface area contributed by atoms with E-state index in [4.69, 9.17) is 23.4 Å². The van der Waals surface area contributed by atoms with E-state index in [0.717, 1.165) is 0 Å². The van der Waals surface area contributed by atoms with E-state index in [1.165, 1.54) is 20.5 Å². The number of esters is 2. The molecule has 0 aromatic carbocycles. The molecule has 2 aliphatic carbocycles. The summed E-state index contributed by atoms with van der Waals surface area (Å²) < 4.78 is 27.1. The Bertz CT molecular complexity index is 984.